The van der Waals surface area contributed by atoms with Crippen molar-refractivity contribution in [2.24, 2.45) is 0 Å². The van der Waals surface area contributed by atoms with Gasteiger partial charge in [0.15, 0.2) is 5.82 Å². The van der Waals surface area contributed by atoms with E-state index < -0.39 is 21.7 Å². The molecule has 0 saturated heterocycles. The number of rotatable bonds is 6. The molecular weight excluding hydrogens is 399 g/mol. The smallest absolute Gasteiger partial charge is 0.255 e. The Hall–Kier alpha value is -3.62. The van der Waals surface area contributed by atoms with Gasteiger partial charge >= 0.3 is 0 Å². The van der Waals surface area contributed by atoms with Crippen LogP contribution in [0.15, 0.2) is 47.4 Å². The molecule has 148 valence electrons. The molecule has 0 aliphatic carbocycles. The minimum atomic E-state index is -3.75. The Labute approximate surface area is 166 Å². The number of amides is 1. The van der Waals surface area contributed by atoms with Crippen LogP contribution in [0, 0.1) is 25.1 Å². The van der Waals surface area contributed by atoms with Crippen LogP contribution in [-0.2, 0) is 10.0 Å². The summed E-state index contributed by atoms with van der Waals surface area (Å²) < 4.78 is 41.6. The van der Waals surface area contributed by atoms with Crippen LogP contribution in [0.3, 0.4) is 0 Å². The van der Waals surface area contributed by atoms with Gasteiger partial charge < -0.3 is 5.32 Å². The standard InChI is InChI=1S/C18H15FN6O3S/c1-3-10-20-29(27,28)15-7-4-13(5-8-15)18(26)21-14-6-9-16(19)17(11-14)25-12(2)22-23-24-25/h1,4-9,11,20H,10H2,2H3,(H,21,26). The summed E-state index contributed by atoms with van der Waals surface area (Å²) in [6, 6.07) is 9.24. The van der Waals surface area contributed by atoms with Crippen LogP contribution in [0.2, 0.25) is 0 Å². The Morgan fingerprint density at radius 3 is 2.59 bits per heavy atom. The lowest BCUT2D eigenvalue weighted by Crippen LogP contribution is -2.24. The molecule has 0 saturated carbocycles. The predicted octanol–water partition coefficient (Wildman–Crippen LogP) is 1.27. The lowest BCUT2D eigenvalue weighted by atomic mass is 10.2. The van der Waals surface area contributed by atoms with E-state index in [0.717, 1.165) is 0 Å². The van der Waals surface area contributed by atoms with Crippen LogP contribution in [0.1, 0.15) is 16.2 Å². The molecule has 3 rings (SSSR count). The first-order chi connectivity index (χ1) is 13.8. The van der Waals surface area contributed by atoms with Crippen LogP contribution in [0.4, 0.5) is 10.1 Å². The van der Waals surface area contributed by atoms with Gasteiger partial charge in [0.1, 0.15) is 11.5 Å². The van der Waals surface area contributed by atoms with Crippen molar-refractivity contribution in [1.29, 1.82) is 0 Å². The van der Waals surface area contributed by atoms with E-state index in [2.05, 4.69) is 31.5 Å². The molecule has 11 heteroatoms. The predicted molar refractivity (Wildman–Crippen MR) is 102 cm³/mol. The number of sulfonamides is 1. The SMILES string of the molecule is C#CCNS(=O)(=O)c1ccc(C(=O)Nc2ccc(F)c(-n3nnnc3C)c2)cc1. The topological polar surface area (TPSA) is 119 Å². The molecule has 1 amide bonds. The fraction of sp³-hybridized carbons (Fsp3) is 0.111. The van der Waals surface area contributed by atoms with Crippen molar-refractivity contribution < 1.29 is 17.6 Å². The Morgan fingerprint density at radius 2 is 1.97 bits per heavy atom. The molecule has 0 aliphatic rings. The van der Waals surface area contributed by atoms with Gasteiger partial charge in [0, 0.05) is 11.3 Å². The van der Waals surface area contributed by atoms with Crippen LogP contribution in [-0.4, -0.2) is 41.1 Å². The average Bonchev–Trinajstić information content (AvgIpc) is 3.13. The molecule has 0 spiro atoms. The van der Waals surface area contributed by atoms with Crippen molar-refractivity contribution in [2.75, 3.05) is 11.9 Å². The first kappa shape index (κ1) is 20.1. The van der Waals surface area contributed by atoms with Crippen molar-refractivity contribution in [3.05, 3.63) is 59.7 Å². The lowest BCUT2D eigenvalue weighted by Gasteiger charge is -2.09. The summed E-state index contributed by atoms with van der Waals surface area (Å²) in [6.07, 6.45) is 5.04. The molecule has 3 aromatic rings. The maximum Gasteiger partial charge on any atom is 0.255 e. The van der Waals surface area contributed by atoms with E-state index in [1.165, 1.54) is 47.1 Å². The number of nitrogens with one attached hydrogen (secondary N) is 2. The van der Waals surface area contributed by atoms with E-state index in [1.807, 2.05) is 0 Å². The minimum Gasteiger partial charge on any atom is -0.322 e. The van der Waals surface area contributed by atoms with Gasteiger partial charge in [-0.1, -0.05) is 5.92 Å². The number of terminal acetylenes is 1. The molecule has 2 N–H and O–H groups in total. The third-order valence-electron chi connectivity index (χ3n) is 3.85. The highest BCUT2D eigenvalue weighted by Gasteiger charge is 2.15. The molecule has 1 aromatic heterocycles. The largest absolute Gasteiger partial charge is 0.322 e. The van der Waals surface area contributed by atoms with Gasteiger partial charge in [-0.3, -0.25) is 4.79 Å². The fourth-order valence-corrected chi connectivity index (χ4v) is 3.35. The second-order valence-corrected chi connectivity index (χ2v) is 7.58. The first-order valence-electron chi connectivity index (χ1n) is 8.21. The van der Waals surface area contributed by atoms with Crippen molar-refractivity contribution >= 4 is 21.6 Å². The summed E-state index contributed by atoms with van der Waals surface area (Å²) in [5.74, 6) is 1.49. The van der Waals surface area contributed by atoms with E-state index in [9.17, 15) is 17.6 Å². The quantitative estimate of drug-likeness (QED) is 0.587. The van der Waals surface area contributed by atoms with Crippen molar-refractivity contribution in [2.45, 2.75) is 11.8 Å². The number of hydrogen-bond donors (Lipinski definition) is 2. The highest BCUT2D eigenvalue weighted by atomic mass is 32.2. The number of anilines is 1. The molecular formula is C18H15FN6O3S. The molecule has 0 unspecified atom stereocenters. The lowest BCUT2D eigenvalue weighted by molar-refractivity contribution is 0.102. The Bertz CT molecular complexity index is 1200. The summed E-state index contributed by atoms with van der Waals surface area (Å²) in [5.41, 5.74) is 0.602. The Balaban J connectivity index is 1.79. The number of carbonyl (C=O) groups excluding carboxylic acids is 1. The summed E-state index contributed by atoms with van der Waals surface area (Å²) in [6.45, 7) is 1.47. The number of halogens is 1. The number of tetrazole rings is 1. The highest BCUT2D eigenvalue weighted by Crippen LogP contribution is 2.20. The van der Waals surface area contributed by atoms with E-state index in [-0.39, 0.29) is 22.7 Å². The van der Waals surface area contributed by atoms with Gasteiger partial charge in [-0.2, -0.15) is 9.40 Å². The molecule has 0 bridgehead atoms. The van der Waals surface area contributed by atoms with E-state index >= 15 is 0 Å². The molecule has 1 heterocycles. The maximum absolute atomic E-state index is 14.1. The van der Waals surface area contributed by atoms with Gasteiger partial charge in [-0.15, -0.1) is 11.5 Å². The summed E-state index contributed by atoms with van der Waals surface area (Å²) in [4.78, 5) is 12.4. The highest BCUT2D eigenvalue weighted by molar-refractivity contribution is 7.89. The second-order valence-electron chi connectivity index (χ2n) is 5.81. The number of nitrogens with zero attached hydrogens (tertiary/aromatic N) is 4. The van der Waals surface area contributed by atoms with Gasteiger partial charge in [0.05, 0.1) is 11.4 Å². The minimum absolute atomic E-state index is 0.0254. The van der Waals surface area contributed by atoms with Gasteiger partial charge in [-0.25, -0.2) is 12.8 Å². The van der Waals surface area contributed by atoms with Crippen LogP contribution < -0.4 is 10.0 Å². The van der Waals surface area contributed by atoms with Gasteiger partial charge in [0.25, 0.3) is 5.91 Å². The number of carbonyl (C=O) groups is 1. The zero-order chi connectivity index (χ0) is 21.0. The van der Waals surface area contributed by atoms with E-state index in [1.54, 1.807) is 6.92 Å². The zero-order valence-corrected chi connectivity index (χ0v) is 15.9. The summed E-state index contributed by atoms with van der Waals surface area (Å²) in [7, 11) is -3.75. The van der Waals surface area contributed by atoms with Crippen LogP contribution in [0.25, 0.3) is 5.69 Å². The average molecular weight is 414 g/mol. The molecule has 29 heavy (non-hydrogen) atoms. The van der Waals surface area contributed by atoms with Crippen LogP contribution >= 0.6 is 0 Å². The number of hydrogen-bond acceptors (Lipinski definition) is 6. The normalized spacial score (nSPS) is 11.1. The molecule has 0 radical (unpaired) electrons. The van der Waals surface area contributed by atoms with Gasteiger partial charge in [0.2, 0.25) is 10.0 Å². The second kappa shape index (κ2) is 8.17. The maximum atomic E-state index is 14.1. The molecule has 0 aliphatic heterocycles. The van der Waals surface area contributed by atoms with Crippen molar-refractivity contribution in [3.63, 3.8) is 0 Å². The van der Waals surface area contributed by atoms with Crippen molar-refractivity contribution in [3.8, 4) is 18.0 Å². The molecule has 0 fully saturated rings. The molecule has 0 atom stereocenters. The summed E-state index contributed by atoms with van der Waals surface area (Å²) in [5, 5.41) is 13.5. The van der Waals surface area contributed by atoms with E-state index in [4.69, 9.17) is 6.42 Å². The first-order valence-corrected chi connectivity index (χ1v) is 9.69. The fourth-order valence-electron chi connectivity index (χ4n) is 2.42. The zero-order valence-electron chi connectivity index (χ0n) is 15.1. The number of benzene rings is 2. The third-order valence-corrected chi connectivity index (χ3v) is 5.27. The number of aromatic nitrogens is 4. The van der Waals surface area contributed by atoms with Gasteiger partial charge in [-0.05, 0) is 59.8 Å². The van der Waals surface area contributed by atoms with E-state index in [0.29, 0.717) is 11.5 Å². The Kier molecular flexibility index (Phi) is 5.67. The third kappa shape index (κ3) is 4.45. The monoisotopic (exact) mass is 414 g/mol. The molecule has 2 aromatic carbocycles. The summed E-state index contributed by atoms with van der Waals surface area (Å²) >= 11 is 0. The Morgan fingerprint density at radius 1 is 1.24 bits per heavy atom. The number of aryl methyl sites for hydroxylation is 1. The van der Waals surface area contributed by atoms with Crippen LogP contribution in [0.5, 0.6) is 0 Å². The molecule has 9 nitrogen and oxygen atoms in total. The van der Waals surface area contributed by atoms with Crippen molar-refractivity contribution in [1.82, 2.24) is 24.9 Å².